The summed E-state index contributed by atoms with van der Waals surface area (Å²) in [6.07, 6.45) is 0. The number of nitrogens with zero attached hydrogens (tertiary/aromatic N) is 1. The molecule has 1 aromatic rings. The van der Waals surface area contributed by atoms with E-state index < -0.39 is 32.4 Å². The van der Waals surface area contributed by atoms with Crippen LogP contribution in [0, 0.1) is 17.5 Å². The summed E-state index contributed by atoms with van der Waals surface area (Å²) in [5.74, 6) is -4.05. The monoisotopic (exact) mass is 266 g/mol. The van der Waals surface area contributed by atoms with Gasteiger partial charge in [0, 0.05) is 31.3 Å². The molecule has 2 N–H and O–H groups in total. The molecule has 8 heteroatoms. The first-order chi connectivity index (χ1) is 7.82. The minimum atomic E-state index is -4.28. The summed E-state index contributed by atoms with van der Waals surface area (Å²) < 4.78 is 63.7. The van der Waals surface area contributed by atoms with Gasteiger partial charge in [-0.2, -0.15) is 4.31 Å². The van der Waals surface area contributed by atoms with Crippen molar-refractivity contribution in [2.45, 2.75) is 10.9 Å². The molecule has 1 aromatic carbocycles. The third kappa shape index (κ3) is 2.03. The highest BCUT2D eigenvalue weighted by Gasteiger charge is 2.38. The zero-order valence-corrected chi connectivity index (χ0v) is 9.35. The van der Waals surface area contributed by atoms with Crippen molar-refractivity contribution in [3.05, 3.63) is 29.6 Å². The van der Waals surface area contributed by atoms with Crippen LogP contribution < -0.4 is 5.73 Å². The van der Waals surface area contributed by atoms with Crippen LogP contribution in [0.25, 0.3) is 0 Å². The maximum atomic E-state index is 13.3. The zero-order valence-electron chi connectivity index (χ0n) is 8.53. The van der Waals surface area contributed by atoms with E-state index in [2.05, 4.69) is 0 Å². The van der Waals surface area contributed by atoms with E-state index in [-0.39, 0.29) is 19.1 Å². The van der Waals surface area contributed by atoms with E-state index in [0.717, 1.165) is 4.31 Å². The molecule has 0 saturated carbocycles. The van der Waals surface area contributed by atoms with Gasteiger partial charge in [-0.05, 0) is 0 Å². The van der Waals surface area contributed by atoms with E-state index in [1.165, 1.54) is 0 Å². The molecule has 0 aliphatic carbocycles. The van der Waals surface area contributed by atoms with Crippen LogP contribution in [0.4, 0.5) is 13.2 Å². The molecule has 0 aromatic heterocycles. The Balaban J connectivity index is 2.47. The van der Waals surface area contributed by atoms with Gasteiger partial charge >= 0.3 is 0 Å². The zero-order chi connectivity index (χ0) is 12.8. The second-order valence-electron chi connectivity index (χ2n) is 3.78. The average Bonchev–Trinajstić information content (AvgIpc) is 2.10. The highest BCUT2D eigenvalue weighted by atomic mass is 32.2. The second kappa shape index (κ2) is 3.97. The molecule has 94 valence electrons. The maximum absolute atomic E-state index is 13.3. The molecule has 1 fully saturated rings. The van der Waals surface area contributed by atoms with Crippen molar-refractivity contribution in [1.82, 2.24) is 4.31 Å². The number of benzene rings is 1. The van der Waals surface area contributed by atoms with Gasteiger partial charge in [-0.25, -0.2) is 21.6 Å². The molecule has 17 heavy (non-hydrogen) atoms. The maximum Gasteiger partial charge on any atom is 0.249 e. The quantitative estimate of drug-likeness (QED) is 0.844. The second-order valence-corrected chi connectivity index (χ2v) is 5.66. The van der Waals surface area contributed by atoms with Gasteiger partial charge in [0.15, 0.2) is 4.90 Å². The molecule has 0 radical (unpaired) electrons. The number of nitrogens with two attached hydrogens (primary N) is 1. The predicted octanol–water partition coefficient (Wildman–Crippen LogP) is 0.436. The third-order valence-electron chi connectivity index (χ3n) is 2.44. The Labute approximate surface area is 95.9 Å². The fourth-order valence-electron chi connectivity index (χ4n) is 1.57. The first-order valence-corrected chi connectivity index (χ1v) is 6.16. The third-order valence-corrected chi connectivity index (χ3v) is 4.32. The van der Waals surface area contributed by atoms with Gasteiger partial charge < -0.3 is 5.73 Å². The minimum absolute atomic E-state index is 0.00140. The van der Waals surface area contributed by atoms with Crippen LogP contribution in [0.5, 0.6) is 0 Å². The summed E-state index contributed by atoms with van der Waals surface area (Å²) in [7, 11) is -4.28. The number of sulfonamides is 1. The van der Waals surface area contributed by atoms with Crippen molar-refractivity contribution in [2.24, 2.45) is 5.73 Å². The van der Waals surface area contributed by atoms with Crippen LogP contribution in [-0.4, -0.2) is 31.9 Å². The highest BCUT2D eigenvalue weighted by Crippen LogP contribution is 2.26. The summed E-state index contributed by atoms with van der Waals surface area (Å²) in [4.78, 5) is -1.13. The molecule has 0 unspecified atom stereocenters. The molecule has 0 amide bonds. The SMILES string of the molecule is NC1CN(S(=O)(=O)c2c(F)cc(F)cc2F)C1. The lowest BCUT2D eigenvalue weighted by atomic mass is 10.2. The van der Waals surface area contributed by atoms with Crippen LogP contribution in [-0.2, 0) is 10.0 Å². The van der Waals surface area contributed by atoms with Gasteiger partial charge in [-0.1, -0.05) is 0 Å². The van der Waals surface area contributed by atoms with Crippen LogP contribution in [0.15, 0.2) is 17.0 Å². The number of rotatable bonds is 2. The molecule has 2 rings (SSSR count). The fraction of sp³-hybridized carbons (Fsp3) is 0.333. The number of hydrogen-bond acceptors (Lipinski definition) is 3. The Hall–Kier alpha value is -1.12. The molecule has 4 nitrogen and oxygen atoms in total. The molecule has 1 heterocycles. The summed E-state index contributed by atoms with van der Waals surface area (Å²) in [6.45, 7) is -0.00280. The summed E-state index contributed by atoms with van der Waals surface area (Å²) in [5.41, 5.74) is 5.39. The van der Waals surface area contributed by atoms with Gasteiger partial charge in [0.25, 0.3) is 0 Å². The minimum Gasteiger partial charge on any atom is -0.325 e. The Kier molecular flexibility index (Phi) is 2.88. The van der Waals surface area contributed by atoms with E-state index in [1.54, 1.807) is 0 Å². The summed E-state index contributed by atoms with van der Waals surface area (Å²) in [5, 5.41) is 0. The fourth-order valence-corrected chi connectivity index (χ4v) is 3.21. The first-order valence-electron chi connectivity index (χ1n) is 4.72. The van der Waals surface area contributed by atoms with Crippen molar-refractivity contribution in [2.75, 3.05) is 13.1 Å². The molecule has 0 spiro atoms. The standard InChI is InChI=1S/C9H9F3N2O2S/c10-5-1-7(11)9(8(12)2-5)17(15,16)14-3-6(13)4-14/h1-2,6H,3-4,13H2. The van der Waals surface area contributed by atoms with Crippen molar-refractivity contribution in [1.29, 1.82) is 0 Å². The van der Waals surface area contributed by atoms with Gasteiger partial charge in [-0.3, -0.25) is 0 Å². The van der Waals surface area contributed by atoms with Crippen molar-refractivity contribution >= 4 is 10.0 Å². The lowest BCUT2D eigenvalue weighted by Gasteiger charge is -2.35. The number of hydrogen-bond donors (Lipinski definition) is 1. The van der Waals surface area contributed by atoms with Crippen LogP contribution in [0.3, 0.4) is 0 Å². The number of halogens is 3. The smallest absolute Gasteiger partial charge is 0.249 e. The highest BCUT2D eigenvalue weighted by molar-refractivity contribution is 7.89. The van der Waals surface area contributed by atoms with E-state index >= 15 is 0 Å². The molecule has 0 bridgehead atoms. The Bertz CT molecular complexity index is 532. The lowest BCUT2D eigenvalue weighted by molar-refractivity contribution is 0.263. The Morgan fingerprint density at radius 1 is 1.18 bits per heavy atom. The van der Waals surface area contributed by atoms with Gasteiger partial charge in [0.05, 0.1) is 0 Å². The average molecular weight is 266 g/mol. The van der Waals surface area contributed by atoms with Crippen molar-refractivity contribution in [3.8, 4) is 0 Å². The first kappa shape index (κ1) is 12.3. The summed E-state index contributed by atoms with van der Waals surface area (Å²) >= 11 is 0. The molecule has 1 saturated heterocycles. The lowest BCUT2D eigenvalue weighted by Crippen LogP contribution is -2.57. The molecule has 1 aliphatic heterocycles. The van der Waals surface area contributed by atoms with Crippen molar-refractivity contribution < 1.29 is 21.6 Å². The molecule has 0 atom stereocenters. The van der Waals surface area contributed by atoms with Crippen LogP contribution in [0.2, 0.25) is 0 Å². The van der Waals surface area contributed by atoms with E-state index in [4.69, 9.17) is 5.73 Å². The van der Waals surface area contributed by atoms with Gasteiger partial charge in [0.2, 0.25) is 10.0 Å². The van der Waals surface area contributed by atoms with E-state index in [1.807, 2.05) is 0 Å². The van der Waals surface area contributed by atoms with E-state index in [9.17, 15) is 21.6 Å². The Morgan fingerprint density at radius 2 is 1.65 bits per heavy atom. The summed E-state index contributed by atoms with van der Waals surface area (Å²) in [6, 6.07) is 0.321. The van der Waals surface area contributed by atoms with Crippen molar-refractivity contribution in [3.63, 3.8) is 0 Å². The Morgan fingerprint density at radius 3 is 2.06 bits per heavy atom. The van der Waals surface area contributed by atoms with Crippen LogP contribution >= 0.6 is 0 Å². The topological polar surface area (TPSA) is 63.4 Å². The predicted molar refractivity (Wildman–Crippen MR) is 53.1 cm³/mol. The van der Waals surface area contributed by atoms with Gasteiger partial charge in [-0.15, -0.1) is 0 Å². The molecule has 1 aliphatic rings. The largest absolute Gasteiger partial charge is 0.325 e. The normalized spacial score (nSPS) is 18.1. The molecular weight excluding hydrogens is 257 g/mol. The van der Waals surface area contributed by atoms with Crippen LogP contribution in [0.1, 0.15) is 0 Å². The van der Waals surface area contributed by atoms with E-state index in [0.29, 0.717) is 12.1 Å². The molecular formula is C9H9F3N2O2S. The van der Waals surface area contributed by atoms with Gasteiger partial charge in [0.1, 0.15) is 17.5 Å².